The van der Waals surface area contributed by atoms with Crippen LogP contribution in [0.5, 0.6) is 0 Å². The lowest BCUT2D eigenvalue weighted by atomic mass is 9.81. The molecule has 1 saturated heterocycles. The zero-order valence-electron chi connectivity index (χ0n) is 19.4. The Labute approximate surface area is 199 Å². The van der Waals surface area contributed by atoms with Crippen LogP contribution < -0.4 is 10.2 Å². The Morgan fingerprint density at radius 3 is 2.45 bits per heavy atom. The van der Waals surface area contributed by atoms with Crippen LogP contribution in [-0.2, 0) is 4.79 Å². The van der Waals surface area contributed by atoms with Gasteiger partial charge in [-0.25, -0.2) is 9.18 Å². The molecule has 4 rings (SSSR count). The molecule has 7 heteroatoms. The summed E-state index contributed by atoms with van der Waals surface area (Å²) >= 11 is 1.15. The molecule has 0 spiro atoms. The van der Waals surface area contributed by atoms with Crippen molar-refractivity contribution in [3.05, 3.63) is 41.0 Å². The molecule has 2 aromatic rings. The topological polar surface area (TPSA) is 69.6 Å². The van der Waals surface area contributed by atoms with Gasteiger partial charge < -0.3 is 15.3 Å². The first-order valence-electron chi connectivity index (χ1n) is 12.0. The Kier molecular flexibility index (Phi) is 7.49. The third kappa shape index (κ3) is 5.30. The van der Waals surface area contributed by atoms with E-state index in [1.165, 1.54) is 12.1 Å². The largest absolute Gasteiger partial charge is 0.477 e. The summed E-state index contributed by atoms with van der Waals surface area (Å²) in [7, 11) is 0. The molecular formula is C26H33FN2O3S. The quantitative estimate of drug-likeness (QED) is 0.557. The SMILES string of the molecule is CC1CCC(C(=O)N(c2cc(-c3ccc(F)cc3)sc2C(=O)O)C(C)C2CCCNC2)CC1. The molecule has 1 aromatic carbocycles. The van der Waals surface area contributed by atoms with Gasteiger partial charge in [-0.1, -0.05) is 19.1 Å². The van der Waals surface area contributed by atoms with Gasteiger partial charge in [-0.15, -0.1) is 11.3 Å². The van der Waals surface area contributed by atoms with Gasteiger partial charge in [-0.05, 0) is 94.1 Å². The maximum atomic E-state index is 13.9. The predicted octanol–water partition coefficient (Wildman–Crippen LogP) is 5.80. The molecule has 2 N–H and O–H groups in total. The second-order valence-electron chi connectivity index (χ2n) is 9.65. The fourth-order valence-electron chi connectivity index (χ4n) is 5.21. The Balaban J connectivity index is 1.74. The van der Waals surface area contributed by atoms with Crippen molar-refractivity contribution in [2.75, 3.05) is 18.0 Å². The van der Waals surface area contributed by atoms with E-state index >= 15 is 0 Å². The Hall–Kier alpha value is -2.25. The summed E-state index contributed by atoms with van der Waals surface area (Å²) in [4.78, 5) is 28.9. The van der Waals surface area contributed by atoms with Crippen LogP contribution in [0.2, 0.25) is 0 Å². The highest BCUT2D eigenvalue weighted by Gasteiger charge is 2.37. The van der Waals surface area contributed by atoms with Gasteiger partial charge in [0.1, 0.15) is 10.7 Å². The molecular weight excluding hydrogens is 439 g/mol. The van der Waals surface area contributed by atoms with Crippen molar-refractivity contribution in [2.45, 2.75) is 58.4 Å². The smallest absolute Gasteiger partial charge is 0.348 e. The van der Waals surface area contributed by atoms with Crippen LogP contribution in [0.15, 0.2) is 30.3 Å². The van der Waals surface area contributed by atoms with E-state index in [9.17, 15) is 19.1 Å². The predicted molar refractivity (Wildman–Crippen MR) is 130 cm³/mol. The van der Waals surface area contributed by atoms with E-state index < -0.39 is 5.97 Å². The van der Waals surface area contributed by atoms with Gasteiger partial charge in [-0.2, -0.15) is 0 Å². The molecule has 1 amide bonds. The minimum Gasteiger partial charge on any atom is -0.477 e. The molecule has 2 atom stereocenters. The summed E-state index contributed by atoms with van der Waals surface area (Å²) in [6, 6.07) is 7.75. The lowest BCUT2D eigenvalue weighted by molar-refractivity contribution is -0.124. The molecule has 2 aliphatic rings. The zero-order valence-corrected chi connectivity index (χ0v) is 20.2. The number of carboxylic acids is 1. The van der Waals surface area contributed by atoms with Gasteiger partial charge in [0.25, 0.3) is 0 Å². The molecule has 2 unspecified atom stereocenters. The molecule has 0 bridgehead atoms. The molecule has 178 valence electrons. The Bertz CT molecular complexity index is 976. The highest BCUT2D eigenvalue weighted by Crippen LogP contribution is 2.41. The number of carbonyl (C=O) groups excluding carboxylic acids is 1. The molecule has 2 heterocycles. The average Bonchev–Trinajstić information content (AvgIpc) is 3.26. The number of nitrogens with one attached hydrogen (secondary N) is 1. The molecule has 1 aliphatic heterocycles. The van der Waals surface area contributed by atoms with Crippen LogP contribution in [0.4, 0.5) is 10.1 Å². The Morgan fingerprint density at radius 1 is 1.15 bits per heavy atom. The molecule has 1 aromatic heterocycles. The summed E-state index contributed by atoms with van der Waals surface area (Å²) in [5.74, 6) is -0.505. The van der Waals surface area contributed by atoms with Crippen LogP contribution in [-0.4, -0.2) is 36.1 Å². The summed E-state index contributed by atoms with van der Waals surface area (Å²) in [5.41, 5.74) is 1.23. The second-order valence-corrected chi connectivity index (χ2v) is 10.7. The van der Waals surface area contributed by atoms with E-state index in [1.54, 1.807) is 17.0 Å². The number of aromatic carboxylic acids is 1. The zero-order chi connectivity index (χ0) is 23.5. The van der Waals surface area contributed by atoms with Crippen LogP contribution in [0.25, 0.3) is 10.4 Å². The number of carboxylic acid groups (broad SMARTS) is 1. The van der Waals surface area contributed by atoms with Crippen molar-refractivity contribution in [1.82, 2.24) is 5.32 Å². The van der Waals surface area contributed by atoms with Crippen molar-refractivity contribution in [3.63, 3.8) is 0 Å². The standard InChI is InChI=1S/C26H33FN2O3S/c1-16-5-7-19(8-6-16)25(30)29(17(2)20-4-3-13-28-15-20)22-14-23(33-24(22)26(31)32)18-9-11-21(27)12-10-18/h9-12,14,16-17,19-20,28H,3-8,13,15H2,1-2H3,(H,31,32). The number of benzene rings is 1. The van der Waals surface area contributed by atoms with Gasteiger partial charge in [0, 0.05) is 16.8 Å². The number of hydrogen-bond acceptors (Lipinski definition) is 4. The fraction of sp³-hybridized carbons (Fsp3) is 0.538. The minimum atomic E-state index is -1.03. The minimum absolute atomic E-state index is 0.0472. The molecule has 2 fully saturated rings. The van der Waals surface area contributed by atoms with E-state index in [0.29, 0.717) is 11.6 Å². The van der Waals surface area contributed by atoms with Crippen LogP contribution >= 0.6 is 11.3 Å². The van der Waals surface area contributed by atoms with Crippen molar-refractivity contribution >= 4 is 28.9 Å². The van der Waals surface area contributed by atoms with Gasteiger partial charge in [0.15, 0.2) is 0 Å². The lowest BCUT2D eigenvalue weighted by Crippen LogP contribution is -2.50. The van der Waals surface area contributed by atoms with Gasteiger partial charge >= 0.3 is 5.97 Å². The number of rotatable bonds is 6. The number of hydrogen-bond donors (Lipinski definition) is 2. The number of amides is 1. The van der Waals surface area contributed by atoms with E-state index in [0.717, 1.165) is 73.4 Å². The summed E-state index contributed by atoms with van der Waals surface area (Å²) in [6.45, 7) is 6.09. The molecule has 5 nitrogen and oxygen atoms in total. The molecule has 1 aliphatic carbocycles. The van der Waals surface area contributed by atoms with Crippen molar-refractivity contribution in [2.24, 2.45) is 17.8 Å². The van der Waals surface area contributed by atoms with Crippen LogP contribution in [0, 0.1) is 23.6 Å². The van der Waals surface area contributed by atoms with Gasteiger partial charge in [0.05, 0.1) is 5.69 Å². The fourth-order valence-corrected chi connectivity index (χ4v) is 6.21. The van der Waals surface area contributed by atoms with E-state index in [2.05, 4.69) is 19.2 Å². The first kappa shape index (κ1) is 23.9. The number of nitrogens with zero attached hydrogens (tertiary/aromatic N) is 1. The maximum Gasteiger partial charge on any atom is 0.348 e. The third-order valence-electron chi connectivity index (χ3n) is 7.32. The third-order valence-corrected chi connectivity index (χ3v) is 8.48. The maximum absolute atomic E-state index is 13.9. The van der Waals surface area contributed by atoms with Crippen molar-refractivity contribution in [3.8, 4) is 10.4 Å². The van der Waals surface area contributed by atoms with Gasteiger partial charge in [-0.3, -0.25) is 4.79 Å². The normalized spacial score (nSPS) is 24.3. The summed E-state index contributed by atoms with van der Waals surface area (Å²) < 4.78 is 13.4. The van der Waals surface area contributed by atoms with E-state index in [-0.39, 0.29) is 34.5 Å². The van der Waals surface area contributed by atoms with Gasteiger partial charge in [0.2, 0.25) is 5.91 Å². The highest BCUT2D eigenvalue weighted by atomic mass is 32.1. The number of thiophene rings is 1. The number of halogens is 1. The van der Waals surface area contributed by atoms with E-state index in [1.807, 2.05) is 6.07 Å². The second kappa shape index (κ2) is 10.3. The summed E-state index contributed by atoms with van der Waals surface area (Å²) in [5, 5.41) is 13.5. The first-order chi connectivity index (χ1) is 15.8. The van der Waals surface area contributed by atoms with Crippen molar-refractivity contribution < 1.29 is 19.1 Å². The monoisotopic (exact) mass is 472 g/mol. The first-order valence-corrected chi connectivity index (χ1v) is 12.8. The molecule has 1 saturated carbocycles. The molecule has 33 heavy (non-hydrogen) atoms. The number of carbonyl (C=O) groups is 2. The number of piperidine rings is 1. The Morgan fingerprint density at radius 2 is 1.85 bits per heavy atom. The van der Waals surface area contributed by atoms with Crippen molar-refractivity contribution in [1.29, 1.82) is 0 Å². The van der Waals surface area contributed by atoms with Crippen LogP contribution in [0.1, 0.15) is 62.0 Å². The van der Waals surface area contributed by atoms with E-state index in [4.69, 9.17) is 0 Å². The highest BCUT2D eigenvalue weighted by molar-refractivity contribution is 7.18. The molecule has 0 radical (unpaired) electrons. The average molecular weight is 473 g/mol. The van der Waals surface area contributed by atoms with Crippen LogP contribution in [0.3, 0.4) is 0 Å². The summed E-state index contributed by atoms with van der Waals surface area (Å²) in [6.07, 6.45) is 5.82. The number of anilines is 1. The lowest BCUT2D eigenvalue weighted by Gasteiger charge is -2.39.